The fourth-order valence-corrected chi connectivity index (χ4v) is 2.64. The first-order valence-corrected chi connectivity index (χ1v) is 7.70. The zero-order valence-electron chi connectivity index (χ0n) is 12.0. The van der Waals surface area contributed by atoms with Gasteiger partial charge < -0.3 is 5.11 Å². The molecular formula is C19H12Cl2O2. The van der Waals surface area contributed by atoms with Gasteiger partial charge in [-0.25, -0.2) is 0 Å². The van der Waals surface area contributed by atoms with Gasteiger partial charge in [-0.05, 0) is 35.2 Å². The second-order valence-electron chi connectivity index (χ2n) is 5.05. The highest BCUT2D eigenvalue weighted by atomic mass is 35.5. The molecule has 114 valence electrons. The Morgan fingerprint density at radius 2 is 1.74 bits per heavy atom. The SMILES string of the molecule is O=C(C=Cc1ccc(Cl)c(Cl)c1)c1ccc2ccccc2c1O. The van der Waals surface area contributed by atoms with Gasteiger partial charge in [0.25, 0.3) is 0 Å². The van der Waals surface area contributed by atoms with Crippen LogP contribution in [0.15, 0.2) is 60.7 Å². The van der Waals surface area contributed by atoms with E-state index in [0.29, 0.717) is 15.4 Å². The number of carbonyl (C=O) groups is 1. The van der Waals surface area contributed by atoms with Crippen LogP contribution in [0.2, 0.25) is 10.0 Å². The van der Waals surface area contributed by atoms with Crippen LogP contribution in [0.3, 0.4) is 0 Å². The van der Waals surface area contributed by atoms with Gasteiger partial charge in [-0.1, -0.05) is 65.7 Å². The van der Waals surface area contributed by atoms with E-state index in [2.05, 4.69) is 0 Å². The summed E-state index contributed by atoms with van der Waals surface area (Å²) < 4.78 is 0. The minimum absolute atomic E-state index is 0.00751. The third-order valence-corrected chi connectivity index (χ3v) is 4.28. The van der Waals surface area contributed by atoms with Crippen molar-refractivity contribution in [2.24, 2.45) is 0 Å². The zero-order valence-corrected chi connectivity index (χ0v) is 13.5. The van der Waals surface area contributed by atoms with E-state index >= 15 is 0 Å². The molecule has 0 saturated heterocycles. The van der Waals surface area contributed by atoms with Gasteiger partial charge in [0.15, 0.2) is 5.78 Å². The van der Waals surface area contributed by atoms with Crippen LogP contribution in [0.5, 0.6) is 5.75 Å². The number of carbonyl (C=O) groups excluding carboxylic acids is 1. The summed E-state index contributed by atoms with van der Waals surface area (Å²) in [6, 6.07) is 15.9. The standard InChI is InChI=1S/C19H12Cl2O2/c20-16-9-5-12(11-17(16)21)6-10-18(22)15-8-7-13-3-1-2-4-14(13)19(15)23/h1-11,23H. The number of hydrogen-bond donors (Lipinski definition) is 1. The molecular weight excluding hydrogens is 331 g/mol. The number of hydrogen-bond acceptors (Lipinski definition) is 2. The molecule has 0 bridgehead atoms. The van der Waals surface area contributed by atoms with Gasteiger partial charge in [0.2, 0.25) is 0 Å². The Morgan fingerprint density at radius 3 is 2.52 bits per heavy atom. The van der Waals surface area contributed by atoms with Gasteiger partial charge in [-0.15, -0.1) is 0 Å². The van der Waals surface area contributed by atoms with Gasteiger partial charge in [0, 0.05) is 5.39 Å². The van der Waals surface area contributed by atoms with Gasteiger partial charge >= 0.3 is 0 Å². The highest BCUT2D eigenvalue weighted by Gasteiger charge is 2.11. The highest BCUT2D eigenvalue weighted by molar-refractivity contribution is 6.42. The molecule has 2 nitrogen and oxygen atoms in total. The van der Waals surface area contributed by atoms with E-state index in [4.69, 9.17) is 23.2 Å². The van der Waals surface area contributed by atoms with Crippen molar-refractivity contribution in [1.29, 1.82) is 0 Å². The van der Waals surface area contributed by atoms with Crippen molar-refractivity contribution >= 4 is 45.8 Å². The van der Waals surface area contributed by atoms with Gasteiger partial charge in [0.1, 0.15) is 5.75 Å². The largest absolute Gasteiger partial charge is 0.507 e. The van der Waals surface area contributed by atoms with Gasteiger partial charge in [-0.3, -0.25) is 4.79 Å². The summed E-state index contributed by atoms with van der Waals surface area (Å²) in [5, 5.41) is 12.7. The Balaban J connectivity index is 1.92. The van der Waals surface area contributed by atoms with E-state index in [1.165, 1.54) is 6.08 Å². The number of allylic oxidation sites excluding steroid dienone is 1. The first kappa shape index (κ1) is 15.6. The van der Waals surface area contributed by atoms with E-state index < -0.39 is 0 Å². The Kier molecular flexibility index (Phi) is 4.37. The van der Waals surface area contributed by atoms with Crippen molar-refractivity contribution in [2.75, 3.05) is 0 Å². The molecule has 0 radical (unpaired) electrons. The molecule has 0 aromatic heterocycles. The average molecular weight is 343 g/mol. The molecule has 3 rings (SSSR count). The summed E-state index contributed by atoms with van der Waals surface area (Å²) in [5.41, 5.74) is 1.02. The Hall–Kier alpha value is -2.29. The minimum Gasteiger partial charge on any atom is -0.507 e. The smallest absolute Gasteiger partial charge is 0.189 e. The fourth-order valence-electron chi connectivity index (χ4n) is 2.33. The van der Waals surface area contributed by atoms with Crippen molar-refractivity contribution in [3.63, 3.8) is 0 Å². The molecule has 0 amide bonds. The van der Waals surface area contributed by atoms with Crippen LogP contribution >= 0.6 is 23.2 Å². The average Bonchev–Trinajstić information content (AvgIpc) is 2.56. The van der Waals surface area contributed by atoms with Crippen molar-refractivity contribution in [1.82, 2.24) is 0 Å². The maximum Gasteiger partial charge on any atom is 0.189 e. The predicted molar refractivity (Wildman–Crippen MR) is 95.4 cm³/mol. The highest BCUT2D eigenvalue weighted by Crippen LogP contribution is 2.29. The van der Waals surface area contributed by atoms with E-state index in [9.17, 15) is 9.90 Å². The van der Waals surface area contributed by atoms with Crippen LogP contribution in [-0.4, -0.2) is 10.9 Å². The minimum atomic E-state index is -0.278. The third kappa shape index (κ3) is 3.24. The van der Waals surface area contributed by atoms with Crippen LogP contribution in [0.1, 0.15) is 15.9 Å². The molecule has 0 atom stereocenters. The summed E-state index contributed by atoms with van der Waals surface area (Å²) in [6.07, 6.45) is 3.04. The lowest BCUT2D eigenvalue weighted by molar-refractivity contribution is 0.104. The van der Waals surface area contributed by atoms with Gasteiger partial charge in [-0.2, -0.15) is 0 Å². The first-order chi connectivity index (χ1) is 11.1. The number of aromatic hydroxyl groups is 1. The molecule has 0 aliphatic heterocycles. The number of phenolic OH excluding ortho intramolecular Hbond substituents is 1. The van der Waals surface area contributed by atoms with Crippen LogP contribution in [0.4, 0.5) is 0 Å². The zero-order chi connectivity index (χ0) is 16.4. The maximum atomic E-state index is 12.3. The molecule has 23 heavy (non-hydrogen) atoms. The molecule has 0 aliphatic rings. The Bertz CT molecular complexity index is 930. The molecule has 0 fully saturated rings. The molecule has 4 heteroatoms. The maximum absolute atomic E-state index is 12.3. The lowest BCUT2D eigenvalue weighted by atomic mass is 10.0. The van der Waals surface area contributed by atoms with Crippen molar-refractivity contribution in [2.45, 2.75) is 0 Å². The summed E-state index contributed by atoms with van der Waals surface area (Å²) in [7, 11) is 0. The summed E-state index contributed by atoms with van der Waals surface area (Å²) in [5.74, 6) is -0.286. The van der Waals surface area contributed by atoms with Crippen LogP contribution in [0, 0.1) is 0 Å². The topological polar surface area (TPSA) is 37.3 Å². The van der Waals surface area contributed by atoms with Crippen molar-refractivity contribution in [3.05, 3.63) is 81.8 Å². The van der Waals surface area contributed by atoms with E-state index in [1.807, 2.05) is 24.3 Å². The quantitative estimate of drug-likeness (QED) is 0.486. The predicted octanol–water partition coefficient (Wildman–Crippen LogP) is 5.75. The van der Waals surface area contributed by atoms with E-state index in [0.717, 1.165) is 10.9 Å². The fraction of sp³-hybridized carbons (Fsp3) is 0. The number of halogens is 2. The molecule has 0 saturated carbocycles. The van der Waals surface area contributed by atoms with E-state index in [-0.39, 0.29) is 17.1 Å². The monoisotopic (exact) mass is 342 g/mol. The van der Waals surface area contributed by atoms with Gasteiger partial charge in [0.05, 0.1) is 15.6 Å². The van der Waals surface area contributed by atoms with Crippen LogP contribution in [-0.2, 0) is 0 Å². The summed E-state index contributed by atoms with van der Waals surface area (Å²) in [6.45, 7) is 0. The molecule has 0 heterocycles. The molecule has 0 aliphatic carbocycles. The number of rotatable bonds is 3. The second kappa shape index (κ2) is 6.45. The molecule has 0 spiro atoms. The molecule has 1 N–H and O–H groups in total. The number of ketones is 1. The van der Waals surface area contributed by atoms with E-state index in [1.54, 1.807) is 36.4 Å². The lowest BCUT2D eigenvalue weighted by Gasteiger charge is -2.05. The van der Waals surface area contributed by atoms with Crippen LogP contribution < -0.4 is 0 Å². The molecule has 3 aromatic rings. The second-order valence-corrected chi connectivity index (χ2v) is 5.87. The van der Waals surface area contributed by atoms with Crippen LogP contribution in [0.25, 0.3) is 16.8 Å². The summed E-state index contributed by atoms with van der Waals surface area (Å²) >= 11 is 11.8. The lowest BCUT2D eigenvalue weighted by Crippen LogP contribution is -1.95. The Morgan fingerprint density at radius 1 is 0.957 bits per heavy atom. The first-order valence-electron chi connectivity index (χ1n) is 6.94. The summed E-state index contributed by atoms with van der Waals surface area (Å²) in [4.78, 5) is 12.3. The molecule has 0 unspecified atom stereocenters. The molecule has 3 aromatic carbocycles. The van der Waals surface area contributed by atoms with Crippen molar-refractivity contribution < 1.29 is 9.90 Å². The number of phenols is 1. The number of fused-ring (bicyclic) bond motifs is 1. The number of benzene rings is 3. The normalized spacial score (nSPS) is 11.2. The third-order valence-electron chi connectivity index (χ3n) is 3.54. The van der Waals surface area contributed by atoms with Crippen molar-refractivity contribution in [3.8, 4) is 5.75 Å². The Labute approximate surface area is 143 Å².